The minimum atomic E-state index is 0.833. The van der Waals surface area contributed by atoms with Crippen molar-refractivity contribution in [2.75, 3.05) is 0 Å². The van der Waals surface area contributed by atoms with Crippen molar-refractivity contribution in [3.8, 4) is 0 Å². The molecule has 0 aromatic heterocycles. The maximum atomic E-state index is 2.17. The molecule has 0 aromatic rings. The predicted molar refractivity (Wildman–Crippen MR) is 91.9 cm³/mol. The molecule has 0 radical (unpaired) electrons. The molecule has 0 N–H and O–H groups in total. The molecule has 20 heavy (non-hydrogen) atoms. The van der Waals surface area contributed by atoms with E-state index in [0.717, 1.165) is 11.8 Å². The Balaban J connectivity index is 0.000000139. The summed E-state index contributed by atoms with van der Waals surface area (Å²) in [6.07, 6.45) is 12.6. The van der Waals surface area contributed by atoms with Crippen LogP contribution >= 0.6 is 0 Å². The molecule has 0 saturated heterocycles. The normalized spacial score (nSPS) is 34.8. The summed E-state index contributed by atoms with van der Waals surface area (Å²) in [4.78, 5) is 0. The molecular weight excluding hydrogens is 240 g/mol. The fraction of sp³-hybridized carbons (Fsp3) is 1.00. The first-order valence-electron chi connectivity index (χ1n) is 9.36. The predicted octanol–water partition coefficient (Wildman–Crippen LogP) is 6.94. The highest BCUT2D eigenvalue weighted by Gasteiger charge is 2.41. The van der Waals surface area contributed by atoms with Gasteiger partial charge in [-0.3, -0.25) is 0 Å². The molecule has 0 unspecified atom stereocenters. The molecule has 0 spiro atoms. The van der Waals surface area contributed by atoms with Crippen LogP contribution < -0.4 is 0 Å². The zero-order valence-corrected chi connectivity index (χ0v) is 15.1. The Labute approximate surface area is 129 Å². The molecule has 0 aliphatic heterocycles. The molecule has 4 bridgehead atoms. The molecule has 0 heterocycles. The first-order chi connectivity index (χ1) is 9.36. The van der Waals surface area contributed by atoms with Gasteiger partial charge in [-0.15, -0.1) is 0 Å². The standard InChI is InChI=1S/C7H12.C5H8.2C4H10/c1-2-7-4-3-6(1)5-7;1-4-2-5(1)3-4;2*1-4(2)3/h6-7H,1-5H2;4-5H,1-3H2;2*4H,1-3H3. The second-order valence-electron chi connectivity index (χ2n) is 9.03. The van der Waals surface area contributed by atoms with E-state index in [1.54, 1.807) is 51.4 Å². The lowest BCUT2D eigenvalue weighted by Gasteiger charge is -2.49. The molecule has 120 valence electrons. The maximum absolute atomic E-state index is 2.17. The number of fused-ring (bicyclic) bond motifs is 2. The first kappa shape index (κ1) is 18.1. The number of hydrogen-bond acceptors (Lipinski definition) is 0. The summed E-state index contributed by atoms with van der Waals surface area (Å²) in [5.41, 5.74) is 0. The average molecular weight is 281 g/mol. The monoisotopic (exact) mass is 280 g/mol. The average Bonchev–Trinajstić information content (AvgIpc) is 2.72. The Morgan fingerprint density at radius 3 is 0.650 bits per heavy atom. The van der Waals surface area contributed by atoms with E-state index in [4.69, 9.17) is 0 Å². The van der Waals surface area contributed by atoms with Crippen molar-refractivity contribution in [1.29, 1.82) is 0 Å². The Kier molecular flexibility index (Phi) is 8.22. The second-order valence-corrected chi connectivity index (χ2v) is 9.03. The van der Waals surface area contributed by atoms with Gasteiger partial charge in [0.25, 0.3) is 0 Å². The van der Waals surface area contributed by atoms with E-state index in [-0.39, 0.29) is 0 Å². The van der Waals surface area contributed by atoms with Gasteiger partial charge in [0.1, 0.15) is 0 Å². The van der Waals surface area contributed by atoms with E-state index in [0.29, 0.717) is 0 Å². The summed E-state index contributed by atoms with van der Waals surface area (Å²) >= 11 is 0. The van der Waals surface area contributed by atoms with Crippen LogP contribution in [0.15, 0.2) is 0 Å². The van der Waals surface area contributed by atoms with Crippen molar-refractivity contribution in [2.24, 2.45) is 35.5 Å². The van der Waals surface area contributed by atoms with Crippen molar-refractivity contribution in [3.63, 3.8) is 0 Å². The van der Waals surface area contributed by atoms with Gasteiger partial charge in [-0.05, 0) is 61.2 Å². The third-order valence-electron chi connectivity index (χ3n) is 4.63. The Hall–Kier alpha value is 0. The quantitative estimate of drug-likeness (QED) is 0.451. The van der Waals surface area contributed by atoms with Crippen molar-refractivity contribution in [1.82, 2.24) is 0 Å². The molecular formula is C20H40. The van der Waals surface area contributed by atoms with Gasteiger partial charge >= 0.3 is 0 Å². The van der Waals surface area contributed by atoms with Gasteiger partial charge < -0.3 is 0 Å². The summed E-state index contributed by atoms with van der Waals surface area (Å²) < 4.78 is 0. The summed E-state index contributed by atoms with van der Waals surface area (Å²) in [6.45, 7) is 13.0. The number of rotatable bonds is 0. The van der Waals surface area contributed by atoms with Crippen LogP contribution in [-0.2, 0) is 0 Å². The Morgan fingerprint density at radius 1 is 0.450 bits per heavy atom. The van der Waals surface area contributed by atoms with Gasteiger partial charge in [0.15, 0.2) is 0 Å². The van der Waals surface area contributed by atoms with Crippen molar-refractivity contribution < 1.29 is 0 Å². The van der Waals surface area contributed by atoms with Crippen LogP contribution in [0.4, 0.5) is 0 Å². The molecule has 0 aromatic carbocycles. The van der Waals surface area contributed by atoms with Crippen LogP contribution in [0.2, 0.25) is 0 Å². The van der Waals surface area contributed by atoms with Crippen LogP contribution in [0, 0.1) is 35.5 Å². The van der Waals surface area contributed by atoms with Gasteiger partial charge in [-0.2, -0.15) is 0 Å². The third-order valence-corrected chi connectivity index (χ3v) is 4.63. The molecule has 0 nitrogen and oxygen atoms in total. The molecule has 0 atom stereocenters. The molecule has 5 aliphatic rings. The van der Waals surface area contributed by atoms with Gasteiger partial charge in [0.05, 0.1) is 0 Å². The molecule has 0 amide bonds. The van der Waals surface area contributed by atoms with Gasteiger partial charge in [-0.1, -0.05) is 67.2 Å². The van der Waals surface area contributed by atoms with E-state index in [2.05, 4.69) is 41.5 Å². The SMILES string of the molecule is C1C2CC1C2.C1CC2CCC1C2.CC(C)C.CC(C)C. The highest BCUT2D eigenvalue weighted by atomic mass is 14.5. The Bertz CT molecular complexity index is 191. The second kappa shape index (κ2) is 9.11. The molecule has 5 fully saturated rings. The summed E-state index contributed by atoms with van der Waals surface area (Å²) in [7, 11) is 0. The zero-order chi connectivity index (χ0) is 15.1. The molecule has 0 heteroatoms. The van der Waals surface area contributed by atoms with Crippen LogP contribution in [0.1, 0.15) is 92.9 Å². The van der Waals surface area contributed by atoms with Crippen LogP contribution in [0.25, 0.3) is 0 Å². The van der Waals surface area contributed by atoms with E-state index in [9.17, 15) is 0 Å². The van der Waals surface area contributed by atoms with E-state index in [1.165, 1.54) is 23.7 Å². The van der Waals surface area contributed by atoms with Crippen molar-refractivity contribution >= 4 is 0 Å². The lowest BCUT2D eigenvalue weighted by Crippen LogP contribution is -2.38. The van der Waals surface area contributed by atoms with Gasteiger partial charge in [-0.25, -0.2) is 0 Å². The van der Waals surface area contributed by atoms with Gasteiger partial charge in [0, 0.05) is 0 Å². The summed E-state index contributed by atoms with van der Waals surface area (Å²) in [5.74, 6) is 6.43. The summed E-state index contributed by atoms with van der Waals surface area (Å²) in [6, 6.07) is 0. The van der Waals surface area contributed by atoms with Crippen molar-refractivity contribution in [3.05, 3.63) is 0 Å². The highest BCUT2D eigenvalue weighted by Crippen LogP contribution is 2.52. The molecule has 5 aliphatic carbocycles. The maximum Gasteiger partial charge on any atom is -0.0406 e. The zero-order valence-electron chi connectivity index (χ0n) is 15.1. The third kappa shape index (κ3) is 7.70. The lowest BCUT2D eigenvalue weighted by atomic mass is 9.56. The summed E-state index contributed by atoms with van der Waals surface area (Å²) in [5, 5.41) is 0. The van der Waals surface area contributed by atoms with E-state index < -0.39 is 0 Å². The first-order valence-corrected chi connectivity index (χ1v) is 9.36. The van der Waals surface area contributed by atoms with E-state index >= 15 is 0 Å². The highest BCUT2D eigenvalue weighted by molar-refractivity contribution is 4.92. The van der Waals surface area contributed by atoms with Crippen LogP contribution in [0.5, 0.6) is 0 Å². The van der Waals surface area contributed by atoms with Crippen molar-refractivity contribution in [2.45, 2.75) is 92.9 Å². The largest absolute Gasteiger partial charge is 0.0630 e. The smallest absolute Gasteiger partial charge is 0.0406 e. The van der Waals surface area contributed by atoms with E-state index in [1.807, 2.05) is 0 Å². The fourth-order valence-electron chi connectivity index (χ4n) is 3.38. The topological polar surface area (TPSA) is 0 Å². The minimum absolute atomic E-state index is 0.833. The lowest BCUT2D eigenvalue weighted by molar-refractivity contribution is 0.0198. The molecule has 5 saturated carbocycles. The minimum Gasteiger partial charge on any atom is -0.0630 e. The fourth-order valence-corrected chi connectivity index (χ4v) is 3.38. The van der Waals surface area contributed by atoms with Gasteiger partial charge in [0.2, 0.25) is 0 Å². The van der Waals surface area contributed by atoms with Crippen LogP contribution in [-0.4, -0.2) is 0 Å². The van der Waals surface area contributed by atoms with Crippen LogP contribution in [0.3, 0.4) is 0 Å². The Morgan fingerprint density at radius 2 is 0.600 bits per heavy atom. The molecule has 5 rings (SSSR count). The number of hydrogen-bond donors (Lipinski definition) is 0.